The molecule has 3 aromatic rings. The lowest BCUT2D eigenvalue weighted by Gasteiger charge is -2.16. The second kappa shape index (κ2) is 9.18. The molecule has 1 amide bonds. The summed E-state index contributed by atoms with van der Waals surface area (Å²) in [6, 6.07) is 23.3. The van der Waals surface area contributed by atoms with E-state index >= 15 is 0 Å². The molecular formula is C28H30N2O3. The van der Waals surface area contributed by atoms with Crippen molar-refractivity contribution in [3.05, 3.63) is 83.4 Å². The number of carbonyl (C=O) groups excluding carboxylic acids is 1. The molecule has 0 fully saturated rings. The number of amides is 1. The van der Waals surface area contributed by atoms with Crippen LogP contribution in [0.1, 0.15) is 42.9 Å². The van der Waals surface area contributed by atoms with Gasteiger partial charge >= 0.3 is 6.09 Å². The minimum atomic E-state index is -0.407. The third-order valence-corrected chi connectivity index (χ3v) is 6.64. The molecule has 3 aromatic carbocycles. The topological polar surface area (TPSA) is 59.6 Å². The van der Waals surface area contributed by atoms with E-state index in [-0.39, 0.29) is 12.0 Å². The Hall–Kier alpha value is -3.47. The predicted molar refractivity (Wildman–Crippen MR) is 131 cm³/mol. The van der Waals surface area contributed by atoms with Crippen molar-refractivity contribution in [3.8, 4) is 16.9 Å². The van der Waals surface area contributed by atoms with E-state index in [0.717, 1.165) is 24.3 Å². The minimum Gasteiger partial charge on any atom is -0.488 e. The SMILES string of the molecule is CCC(C)Nc1ccc2c(c1)CC(CNC(=O)OCC1c3ccccc3-c3ccccc31)O2. The first-order valence-corrected chi connectivity index (χ1v) is 11.8. The maximum Gasteiger partial charge on any atom is 0.407 e. The number of hydrogen-bond donors (Lipinski definition) is 2. The standard InChI is InChI=1S/C28H30N2O3/c1-3-18(2)30-20-12-13-27-19(14-20)15-21(33-27)16-29-28(31)32-17-26-24-10-6-4-8-22(24)23-9-5-7-11-25(23)26/h4-14,18,21,26,30H,3,15-17H2,1-2H3,(H,29,31). The highest BCUT2D eigenvalue weighted by Crippen LogP contribution is 2.44. The third kappa shape index (κ3) is 4.40. The minimum absolute atomic E-state index is 0.0616. The van der Waals surface area contributed by atoms with Crippen molar-refractivity contribution in [2.45, 2.75) is 44.8 Å². The smallest absolute Gasteiger partial charge is 0.407 e. The van der Waals surface area contributed by atoms with Crippen molar-refractivity contribution in [1.29, 1.82) is 0 Å². The molecule has 2 aliphatic rings. The molecule has 1 aliphatic carbocycles. The first-order chi connectivity index (χ1) is 16.1. The van der Waals surface area contributed by atoms with E-state index < -0.39 is 6.09 Å². The van der Waals surface area contributed by atoms with Gasteiger partial charge in [0.25, 0.3) is 0 Å². The van der Waals surface area contributed by atoms with Gasteiger partial charge in [-0.3, -0.25) is 0 Å². The summed E-state index contributed by atoms with van der Waals surface area (Å²) in [7, 11) is 0. The first kappa shape index (κ1) is 21.4. The highest BCUT2D eigenvalue weighted by Gasteiger charge is 2.29. The second-order valence-corrected chi connectivity index (χ2v) is 8.93. The van der Waals surface area contributed by atoms with E-state index in [1.54, 1.807) is 0 Å². The number of alkyl carbamates (subject to hydrolysis) is 1. The molecule has 2 N–H and O–H groups in total. The summed E-state index contributed by atoms with van der Waals surface area (Å²) in [5.41, 5.74) is 7.15. The summed E-state index contributed by atoms with van der Waals surface area (Å²) in [5.74, 6) is 0.954. The molecule has 0 radical (unpaired) electrons. The molecule has 2 atom stereocenters. The molecule has 0 saturated heterocycles. The van der Waals surface area contributed by atoms with Crippen LogP contribution in [-0.4, -0.2) is 31.4 Å². The fourth-order valence-electron chi connectivity index (χ4n) is 4.76. The zero-order valence-electron chi connectivity index (χ0n) is 19.1. The Bertz CT molecular complexity index is 1110. The highest BCUT2D eigenvalue weighted by molar-refractivity contribution is 5.79. The van der Waals surface area contributed by atoms with Gasteiger partial charge in [0.1, 0.15) is 18.5 Å². The molecular weight excluding hydrogens is 412 g/mol. The largest absolute Gasteiger partial charge is 0.488 e. The fourth-order valence-corrected chi connectivity index (χ4v) is 4.76. The molecule has 0 spiro atoms. The molecule has 33 heavy (non-hydrogen) atoms. The Labute approximate surface area is 195 Å². The number of nitrogens with one attached hydrogen (secondary N) is 2. The van der Waals surface area contributed by atoms with Crippen molar-refractivity contribution in [3.63, 3.8) is 0 Å². The second-order valence-electron chi connectivity index (χ2n) is 8.93. The van der Waals surface area contributed by atoms with Crippen LogP contribution >= 0.6 is 0 Å². The van der Waals surface area contributed by atoms with Gasteiger partial charge in [0.2, 0.25) is 0 Å². The van der Waals surface area contributed by atoms with E-state index in [9.17, 15) is 4.79 Å². The van der Waals surface area contributed by atoms with Gasteiger partial charge in [-0.15, -0.1) is 0 Å². The molecule has 0 bridgehead atoms. The van der Waals surface area contributed by atoms with Crippen LogP contribution < -0.4 is 15.4 Å². The van der Waals surface area contributed by atoms with Gasteiger partial charge in [-0.25, -0.2) is 4.79 Å². The Morgan fingerprint density at radius 2 is 1.76 bits per heavy atom. The van der Waals surface area contributed by atoms with Gasteiger partial charge in [-0.2, -0.15) is 0 Å². The maximum atomic E-state index is 12.5. The Morgan fingerprint density at radius 3 is 2.45 bits per heavy atom. The molecule has 0 aromatic heterocycles. The summed E-state index contributed by atoms with van der Waals surface area (Å²) in [5, 5.41) is 6.38. The van der Waals surface area contributed by atoms with Crippen LogP contribution in [0.15, 0.2) is 66.7 Å². The van der Waals surface area contributed by atoms with Crippen molar-refractivity contribution in [1.82, 2.24) is 5.32 Å². The van der Waals surface area contributed by atoms with Crippen molar-refractivity contribution >= 4 is 11.8 Å². The lowest BCUT2D eigenvalue weighted by Crippen LogP contribution is -2.35. The Balaban J connectivity index is 1.14. The number of rotatable bonds is 7. The van der Waals surface area contributed by atoms with E-state index in [1.165, 1.54) is 27.8 Å². The Morgan fingerprint density at radius 1 is 1.06 bits per heavy atom. The number of ether oxygens (including phenoxy) is 2. The first-order valence-electron chi connectivity index (χ1n) is 11.8. The number of anilines is 1. The van der Waals surface area contributed by atoms with Crippen LogP contribution in [0.25, 0.3) is 11.1 Å². The van der Waals surface area contributed by atoms with E-state index in [0.29, 0.717) is 19.2 Å². The zero-order chi connectivity index (χ0) is 22.8. The maximum absolute atomic E-state index is 12.5. The molecule has 5 nitrogen and oxygen atoms in total. The highest BCUT2D eigenvalue weighted by atomic mass is 16.5. The summed E-state index contributed by atoms with van der Waals surface area (Å²) in [4.78, 5) is 12.5. The number of hydrogen-bond acceptors (Lipinski definition) is 4. The van der Waals surface area contributed by atoms with Crippen molar-refractivity contribution in [2.24, 2.45) is 0 Å². The van der Waals surface area contributed by atoms with Gasteiger partial charge < -0.3 is 20.1 Å². The molecule has 5 heteroatoms. The van der Waals surface area contributed by atoms with Crippen LogP contribution in [-0.2, 0) is 11.2 Å². The fraction of sp³-hybridized carbons (Fsp3) is 0.321. The van der Waals surface area contributed by atoms with Crippen molar-refractivity contribution in [2.75, 3.05) is 18.5 Å². The van der Waals surface area contributed by atoms with Gasteiger partial charge in [-0.1, -0.05) is 55.5 Å². The van der Waals surface area contributed by atoms with E-state index in [4.69, 9.17) is 9.47 Å². The molecule has 170 valence electrons. The predicted octanol–water partition coefficient (Wildman–Crippen LogP) is 5.74. The van der Waals surface area contributed by atoms with Crippen LogP contribution in [0.2, 0.25) is 0 Å². The number of carbonyl (C=O) groups is 1. The normalized spacial score (nSPS) is 16.8. The van der Waals surface area contributed by atoms with Crippen LogP contribution in [0.5, 0.6) is 5.75 Å². The monoisotopic (exact) mass is 442 g/mol. The van der Waals surface area contributed by atoms with Gasteiger partial charge in [-0.05, 0) is 59.4 Å². The molecule has 5 rings (SSSR count). The Kier molecular flexibility index (Phi) is 5.95. The quantitative estimate of drug-likeness (QED) is 0.490. The number of fused-ring (bicyclic) bond motifs is 4. The lowest BCUT2D eigenvalue weighted by atomic mass is 9.98. The molecule has 0 saturated carbocycles. The molecule has 1 aliphatic heterocycles. The lowest BCUT2D eigenvalue weighted by molar-refractivity contribution is 0.136. The van der Waals surface area contributed by atoms with Crippen LogP contribution in [0, 0.1) is 0 Å². The molecule has 2 unspecified atom stereocenters. The summed E-state index contributed by atoms with van der Waals surface area (Å²) in [6.45, 7) is 5.07. The average Bonchev–Trinajstić information content (AvgIpc) is 3.39. The molecule has 1 heterocycles. The summed E-state index contributed by atoms with van der Waals surface area (Å²) < 4.78 is 11.7. The third-order valence-electron chi connectivity index (χ3n) is 6.64. The van der Waals surface area contributed by atoms with Gasteiger partial charge in [0, 0.05) is 24.1 Å². The van der Waals surface area contributed by atoms with Gasteiger partial charge in [0.05, 0.1) is 6.54 Å². The summed E-state index contributed by atoms with van der Waals surface area (Å²) >= 11 is 0. The van der Waals surface area contributed by atoms with E-state index in [2.05, 4.69) is 66.9 Å². The zero-order valence-corrected chi connectivity index (χ0v) is 19.1. The van der Waals surface area contributed by atoms with Gasteiger partial charge in [0.15, 0.2) is 0 Å². The van der Waals surface area contributed by atoms with E-state index in [1.807, 2.05) is 24.3 Å². The average molecular weight is 443 g/mol. The summed E-state index contributed by atoms with van der Waals surface area (Å²) in [6.07, 6.45) is 1.35. The van der Waals surface area contributed by atoms with Crippen molar-refractivity contribution < 1.29 is 14.3 Å². The van der Waals surface area contributed by atoms with Crippen LogP contribution in [0.4, 0.5) is 10.5 Å². The number of benzene rings is 3. The van der Waals surface area contributed by atoms with Crippen LogP contribution in [0.3, 0.4) is 0 Å².